The van der Waals surface area contributed by atoms with Gasteiger partial charge < -0.3 is 14.6 Å². The number of benzene rings is 4. The summed E-state index contributed by atoms with van der Waals surface area (Å²) in [4.78, 5) is 4.56. The summed E-state index contributed by atoms with van der Waals surface area (Å²) in [6.07, 6.45) is 17.6. The smallest absolute Gasteiger partial charge is 0.128 e. The molecule has 0 aliphatic carbocycles. The van der Waals surface area contributed by atoms with Crippen molar-refractivity contribution >= 4 is 11.9 Å². The molecule has 0 spiro atoms. The monoisotopic (exact) mass is 630 g/mol. The molecular weight excluding hydrogens is 580 g/mol. The number of nitrogens with zero attached hydrogens (tertiary/aromatic N) is 2. The average molecular weight is 631 g/mol. The van der Waals surface area contributed by atoms with Crippen molar-refractivity contribution in [3.63, 3.8) is 0 Å². The van der Waals surface area contributed by atoms with Gasteiger partial charge in [-0.15, -0.1) is 0 Å². The lowest BCUT2D eigenvalue weighted by Gasteiger charge is -2.09. The van der Waals surface area contributed by atoms with Crippen LogP contribution in [0, 0.1) is 11.3 Å². The number of rotatable bonds is 21. The topological polar surface area (TPSA) is 74.8 Å². The lowest BCUT2D eigenvalue weighted by Crippen LogP contribution is -2.00. The minimum atomic E-state index is 0.166. The fourth-order valence-corrected chi connectivity index (χ4v) is 5.50. The highest BCUT2D eigenvalue weighted by atomic mass is 16.5. The molecule has 0 radical (unpaired) electrons. The first-order valence-corrected chi connectivity index (χ1v) is 17.5. The van der Waals surface area contributed by atoms with Gasteiger partial charge in [-0.2, -0.15) is 5.26 Å². The first kappa shape index (κ1) is 35.3. The zero-order valence-electron chi connectivity index (χ0n) is 28.0. The number of nitriles is 1. The van der Waals surface area contributed by atoms with Crippen molar-refractivity contribution in [2.75, 3.05) is 13.2 Å². The van der Waals surface area contributed by atoms with Crippen molar-refractivity contribution in [2.45, 2.75) is 90.4 Å². The largest absolute Gasteiger partial charge is 0.507 e. The van der Waals surface area contributed by atoms with Crippen molar-refractivity contribution in [3.8, 4) is 34.4 Å². The normalized spacial score (nSPS) is 11.1. The van der Waals surface area contributed by atoms with Gasteiger partial charge in [-0.1, -0.05) is 88.3 Å². The molecule has 0 aliphatic heterocycles. The lowest BCUT2D eigenvalue weighted by atomic mass is 10.0. The van der Waals surface area contributed by atoms with Crippen LogP contribution in [0.2, 0.25) is 0 Å². The third kappa shape index (κ3) is 13.0. The lowest BCUT2D eigenvalue weighted by molar-refractivity contribution is 0.287. The summed E-state index contributed by atoms with van der Waals surface area (Å²) >= 11 is 0. The van der Waals surface area contributed by atoms with Gasteiger partial charge in [-0.25, -0.2) is 0 Å². The molecule has 0 aliphatic rings. The van der Waals surface area contributed by atoms with Gasteiger partial charge in [0.15, 0.2) is 0 Å². The number of hydrogen-bond acceptors (Lipinski definition) is 5. The van der Waals surface area contributed by atoms with Crippen molar-refractivity contribution < 1.29 is 14.6 Å². The second-order valence-corrected chi connectivity index (χ2v) is 12.2. The number of aryl methyl sites for hydroxylation is 1. The maximum Gasteiger partial charge on any atom is 0.128 e. The highest BCUT2D eigenvalue weighted by molar-refractivity contribution is 5.85. The Morgan fingerprint density at radius 2 is 1.19 bits per heavy atom. The molecule has 0 bridgehead atoms. The van der Waals surface area contributed by atoms with Crippen LogP contribution in [0.15, 0.2) is 96.0 Å². The standard InChI is InChI=1S/C42H50N2O3/c1-2-3-4-5-6-7-8-11-14-34-17-24-39(25-18-34)44-33-38-23-28-41(31-42(38)45)47-30-13-10-9-12-29-46-40-26-21-37(22-27-40)36-19-15-35(32-43)16-20-36/h15-28,31,33,45H,2-14,29-30H2,1H3. The molecule has 0 unspecified atom stereocenters. The molecule has 5 heteroatoms. The quantitative estimate of drug-likeness (QED) is 0.0734. The minimum absolute atomic E-state index is 0.166. The van der Waals surface area contributed by atoms with Gasteiger partial charge in [0.1, 0.15) is 17.2 Å². The fourth-order valence-electron chi connectivity index (χ4n) is 5.50. The molecule has 0 amide bonds. The van der Waals surface area contributed by atoms with Crippen LogP contribution >= 0.6 is 0 Å². The maximum atomic E-state index is 10.5. The molecule has 4 aromatic rings. The first-order valence-electron chi connectivity index (χ1n) is 17.5. The van der Waals surface area contributed by atoms with E-state index in [2.05, 4.69) is 30.1 Å². The molecule has 0 saturated carbocycles. The Kier molecular flexibility index (Phi) is 15.4. The van der Waals surface area contributed by atoms with Gasteiger partial charge >= 0.3 is 0 Å². The second-order valence-electron chi connectivity index (χ2n) is 12.2. The van der Waals surface area contributed by atoms with E-state index in [1.54, 1.807) is 12.3 Å². The van der Waals surface area contributed by atoms with Crippen molar-refractivity contribution in [3.05, 3.63) is 108 Å². The van der Waals surface area contributed by atoms with Crippen LogP contribution in [-0.4, -0.2) is 24.5 Å². The highest BCUT2D eigenvalue weighted by Crippen LogP contribution is 2.25. The van der Waals surface area contributed by atoms with E-state index in [1.807, 2.05) is 72.8 Å². The number of aliphatic imine (C=N–C) groups is 1. The molecule has 0 heterocycles. The van der Waals surface area contributed by atoms with Crippen LogP contribution in [-0.2, 0) is 6.42 Å². The molecule has 4 rings (SSSR count). The van der Waals surface area contributed by atoms with Crippen LogP contribution in [0.25, 0.3) is 11.1 Å². The molecule has 4 aromatic carbocycles. The Balaban J connectivity index is 1.06. The third-order valence-electron chi connectivity index (χ3n) is 8.39. The van der Waals surface area contributed by atoms with Crippen molar-refractivity contribution in [2.24, 2.45) is 4.99 Å². The summed E-state index contributed by atoms with van der Waals surface area (Å²) < 4.78 is 11.8. The summed E-state index contributed by atoms with van der Waals surface area (Å²) in [5.41, 5.74) is 5.75. The van der Waals surface area contributed by atoms with Gasteiger partial charge in [0, 0.05) is 17.8 Å². The van der Waals surface area contributed by atoms with Crippen LogP contribution in [0.3, 0.4) is 0 Å². The Bertz CT molecular complexity index is 1520. The Hall–Kier alpha value is -4.56. The summed E-state index contributed by atoms with van der Waals surface area (Å²) in [6, 6.07) is 31.6. The number of aromatic hydroxyl groups is 1. The predicted octanol–water partition coefficient (Wildman–Crippen LogP) is 11.4. The van der Waals surface area contributed by atoms with E-state index >= 15 is 0 Å². The minimum Gasteiger partial charge on any atom is -0.507 e. The number of phenols is 1. The van der Waals surface area contributed by atoms with Crippen LogP contribution < -0.4 is 9.47 Å². The molecule has 0 aromatic heterocycles. The van der Waals surface area contributed by atoms with E-state index < -0.39 is 0 Å². The summed E-state index contributed by atoms with van der Waals surface area (Å²) in [5.74, 6) is 1.69. The van der Waals surface area contributed by atoms with Gasteiger partial charge in [-0.05, 0) is 104 Å². The third-order valence-corrected chi connectivity index (χ3v) is 8.39. The summed E-state index contributed by atoms with van der Waals surface area (Å²) in [6.45, 7) is 3.55. The number of unbranched alkanes of at least 4 members (excludes halogenated alkanes) is 10. The van der Waals surface area contributed by atoms with E-state index in [0.717, 1.165) is 54.7 Å². The molecule has 246 valence electrons. The van der Waals surface area contributed by atoms with Gasteiger partial charge in [0.05, 0.1) is 30.5 Å². The van der Waals surface area contributed by atoms with Crippen LogP contribution in [0.5, 0.6) is 17.2 Å². The molecular formula is C42H50N2O3. The van der Waals surface area contributed by atoms with Crippen LogP contribution in [0.4, 0.5) is 5.69 Å². The molecule has 0 atom stereocenters. The highest BCUT2D eigenvalue weighted by Gasteiger charge is 2.04. The zero-order valence-corrected chi connectivity index (χ0v) is 28.0. The number of ether oxygens (including phenoxy) is 2. The average Bonchev–Trinajstić information content (AvgIpc) is 3.11. The summed E-state index contributed by atoms with van der Waals surface area (Å²) in [7, 11) is 0. The zero-order chi connectivity index (χ0) is 32.9. The number of phenolic OH excluding ortho intramolecular Hbond substituents is 1. The molecule has 5 nitrogen and oxygen atoms in total. The Labute approximate surface area is 281 Å². The van der Waals surface area contributed by atoms with E-state index in [9.17, 15) is 5.11 Å². The predicted molar refractivity (Wildman–Crippen MR) is 194 cm³/mol. The van der Waals surface area contributed by atoms with Crippen molar-refractivity contribution in [1.29, 1.82) is 5.26 Å². The van der Waals surface area contributed by atoms with Gasteiger partial charge in [0.25, 0.3) is 0 Å². The maximum absolute atomic E-state index is 10.5. The Morgan fingerprint density at radius 1 is 0.638 bits per heavy atom. The molecule has 0 saturated heterocycles. The Morgan fingerprint density at radius 3 is 1.81 bits per heavy atom. The number of hydrogen-bond donors (Lipinski definition) is 1. The van der Waals surface area contributed by atoms with Gasteiger partial charge in [-0.3, -0.25) is 4.99 Å². The SMILES string of the molecule is CCCCCCCCCCc1ccc(N=Cc2ccc(OCCCCCCOc3ccc(-c4ccc(C#N)cc4)cc3)cc2O)cc1. The van der Waals surface area contributed by atoms with E-state index in [1.165, 1.54) is 56.9 Å². The molecule has 47 heavy (non-hydrogen) atoms. The second kappa shape index (κ2) is 20.5. The molecule has 0 fully saturated rings. The fraction of sp³-hybridized carbons (Fsp3) is 0.381. The van der Waals surface area contributed by atoms with Crippen molar-refractivity contribution in [1.82, 2.24) is 0 Å². The van der Waals surface area contributed by atoms with E-state index in [-0.39, 0.29) is 5.75 Å². The van der Waals surface area contributed by atoms with E-state index in [0.29, 0.717) is 30.1 Å². The van der Waals surface area contributed by atoms with Gasteiger partial charge in [0.2, 0.25) is 0 Å². The molecule has 1 N–H and O–H groups in total. The van der Waals surface area contributed by atoms with Crippen LogP contribution in [0.1, 0.15) is 101 Å². The summed E-state index contributed by atoms with van der Waals surface area (Å²) in [5, 5.41) is 19.5. The first-order chi connectivity index (χ1) is 23.1. The van der Waals surface area contributed by atoms with E-state index in [4.69, 9.17) is 14.7 Å².